The highest BCUT2D eigenvalue weighted by atomic mass is 35.5. The number of carbonyl (C=O) groups is 2. The molecule has 5 heteroatoms. The molecule has 1 aromatic rings. The van der Waals surface area contributed by atoms with E-state index in [1.165, 1.54) is 0 Å². The molecule has 19 heavy (non-hydrogen) atoms. The minimum Gasteiger partial charge on any atom is -0.353 e. The van der Waals surface area contributed by atoms with E-state index < -0.39 is 0 Å². The monoisotopic (exact) mass is 280 g/mol. The van der Waals surface area contributed by atoms with Crippen LogP contribution in [-0.4, -0.2) is 35.8 Å². The van der Waals surface area contributed by atoms with Gasteiger partial charge in [-0.15, -0.1) is 0 Å². The maximum absolute atomic E-state index is 12.3. The smallest absolute Gasteiger partial charge is 0.242 e. The van der Waals surface area contributed by atoms with Crippen LogP contribution in [0.3, 0.4) is 0 Å². The summed E-state index contributed by atoms with van der Waals surface area (Å²) in [5.74, 6) is -0.0674. The molecule has 2 amide bonds. The SMILES string of the molecule is CCC1C(=O)NCCN1C(=O)Cc1ccc(Cl)cc1. The van der Waals surface area contributed by atoms with Crippen molar-refractivity contribution in [1.29, 1.82) is 0 Å². The van der Waals surface area contributed by atoms with E-state index in [4.69, 9.17) is 11.6 Å². The molecule has 0 radical (unpaired) electrons. The minimum absolute atomic E-state index is 0.0102. The highest BCUT2D eigenvalue weighted by Gasteiger charge is 2.31. The van der Waals surface area contributed by atoms with Gasteiger partial charge in [-0.1, -0.05) is 30.7 Å². The number of nitrogens with zero attached hydrogens (tertiary/aromatic N) is 1. The molecular formula is C14H17ClN2O2. The molecule has 1 unspecified atom stereocenters. The summed E-state index contributed by atoms with van der Waals surface area (Å²) in [5, 5.41) is 3.44. The first-order valence-electron chi connectivity index (χ1n) is 6.43. The van der Waals surface area contributed by atoms with Gasteiger partial charge in [0.25, 0.3) is 0 Å². The van der Waals surface area contributed by atoms with E-state index in [-0.39, 0.29) is 17.9 Å². The average Bonchev–Trinajstić information content (AvgIpc) is 2.41. The number of piperazine rings is 1. The van der Waals surface area contributed by atoms with Crippen LogP contribution in [0.2, 0.25) is 5.02 Å². The highest BCUT2D eigenvalue weighted by molar-refractivity contribution is 6.30. The average molecular weight is 281 g/mol. The molecule has 1 fully saturated rings. The van der Waals surface area contributed by atoms with Gasteiger partial charge in [0.2, 0.25) is 11.8 Å². The zero-order valence-electron chi connectivity index (χ0n) is 10.9. The van der Waals surface area contributed by atoms with E-state index in [0.29, 0.717) is 31.0 Å². The zero-order chi connectivity index (χ0) is 13.8. The number of hydrogen-bond donors (Lipinski definition) is 1. The van der Waals surface area contributed by atoms with E-state index in [0.717, 1.165) is 5.56 Å². The second-order valence-electron chi connectivity index (χ2n) is 4.61. The van der Waals surface area contributed by atoms with Crippen LogP contribution < -0.4 is 5.32 Å². The Kier molecular flexibility index (Phi) is 4.43. The van der Waals surface area contributed by atoms with Crippen molar-refractivity contribution in [2.75, 3.05) is 13.1 Å². The van der Waals surface area contributed by atoms with E-state index in [1.807, 2.05) is 19.1 Å². The van der Waals surface area contributed by atoms with Crippen molar-refractivity contribution in [3.8, 4) is 0 Å². The summed E-state index contributed by atoms with van der Waals surface area (Å²) in [6.45, 7) is 3.02. The predicted octanol–water partition coefficient (Wildman–Crippen LogP) is 1.62. The van der Waals surface area contributed by atoms with Crippen LogP contribution in [0.1, 0.15) is 18.9 Å². The lowest BCUT2D eigenvalue weighted by molar-refractivity contribution is -0.142. The third-order valence-electron chi connectivity index (χ3n) is 3.31. The number of halogens is 1. The second-order valence-corrected chi connectivity index (χ2v) is 5.04. The van der Waals surface area contributed by atoms with Crippen molar-refractivity contribution in [3.05, 3.63) is 34.9 Å². The van der Waals surface area contributed by atoms with Crippen molar-refractivity contribution in [2.24, 2.45) is 0 Å². The van der Waals surface area contributed by atoms with Gasteiger partial charge in [-0.05, 0) is 24.1 Å². The number of benzene rings is 1. The molecule has 4 nitrogen and oxygen atoms in total. The van der Waals surface area contributed by atoms with Gasteiger partial charge < -0.3 is 10.2 Å². The lowest BCUT2D eigenvalue weighted by atomic mass is 10.1. The molecule has 102 valence electrons. The second kappa shape index (κ2) is 6.06. The summed E-state index contributed by atoms with van der Waals surface area (Å²) in [6, 6.07) is 6.87. The summed E-state index contributed by atoms with van der Waals surface area (Å²) in [4.78, 5) is 25.7. The van der Waals surface area contributed by atoms with Gasteiger partial charge in [0.1, 0.15) is 6.04 Å². The Morgan fingerprint density at radius 2 is 2.11 bits per heavy atom. The molecule has 1 aliphatic rings. The van der Waals surface area contributed by atoms with Crippen LogP contribution in [0, 0.1) is 0 Å². The molecule has 1 N–H and O–H groups in total. The fourth-order valence-corrected chi connectivity index (χ4v) is 2.42. The summed E-state index contributed by atoms with van der Waals surface area (Å²) < 4.78 is 0. The largest absolute Gasteiger partial charge is 0.353 e. The molecular weight excluding hydrogens is 264 g/mol. The molecule has 1 aromatic carbocycles. The molecule has 0 saturated carbocycles. The van der Waals surface area contributed by atoms with Gasteiger partial charge in [0.05, 0.1) is 6.42 Å². The van der Waals surface area contributed by atoms with Gasteiger partial charge in [-0.25, -0.2) is 0 Å². The molecule has 0 aliphatic carbocycles. The molecule has 1 saturated heterocycles. The minimum atomic E-state index is -0.339. The van der Waals surface area contributed by atoms with E-state index >= 15 is 0 Å². The van der Waals surface area contributed by atoms with Crippen LogP contribution in [0.15, 0.2) is 24.3 Å². The first-order chi connectivity index (χ1) is 9.11. The van der Waals surface area contributed by atoms with Gasteiger partial charge in [0, 0.05) is 18.1 Å². The highest BCUT2D eigenvalue weighted by Crippen LogP contribution is 2.14. The Balaban J connectivity index is 2.06. The summed E-state index contributed by atoms with van der Waals surface area (Å²) in [5.41, 5.74) is 0.912. The van der Waals surface area contributed by atoms with Gasteiger partial charge in [0.15, 0.2) is 0 Å². The third kappa shape index (κ3) is 3.26. The van der Waals surface area contributed by atoms with Crippen LogP contribution >= 0.6 is 11.6 Å². The van der Waals surface area contributed by atoms with E-state index in [9.17, 15) is 9.59 Å². The number of carbonyl (C=O) groups excluding carboxylic acids is 2. The predicted molar refractivity (Wildman–Crippen MR) is 74.0 cm³/mol. The summed E-state index contributed by atoms with van der Waals surface area (Å²) in [6.07, 6.45) is 0.944. The molecule has 1 atom stereocenters. The Morgan fingerprint density at radius 3 is 2.74 bits per heavy atom. The number of hydrogen-bond acceptors (Lipinski definition) is 2. The molecule has 1 aliphatic heterocycles. The van der Waals surface area contributed by atoms with Crippen molar-refractivity contribution >= 4 is 23.4 Å². The molecule has 1 heterocycles. The number of amides is 2. The topological polar surface area (TPSA) is 49.4 Å². The van der Waals surface area contributed by atoms with Gasteiger partial charge in [-0.3, -0.25) is 9.59 Å². The summed E-state index contributed by atoms with van der Waals surface area (Å²) >= 11 is 5.81. The van der Waals surface area contributed by atoms with Crippen molar-refractivity contribution in [2.45, 2.75) is 25.8 Å². The first kappa shape index (κ1) is 13.9. The van der Waals surface area contributed by atoms with Crippen LogP contribution in [0.25, 0.3) is 0 Å². The van der Waals surface area contributed by atoms with Crippen LogP contribution in [-0.2, 0) is 16.0 Å². The molecule has 0 bridgehead atoms. The Hall–Kier alpha value is -1.55. The summed E-state index contributed by atoms with van der Waals surface area (Å²) in [7, 11) is 0. The lowest BCUT2D eigenvalue weighted by Gasteiger charge is -2.34. The van der Waals surface area contributed by atoms with Crippen LogP contribution in [0.4, 0.5) is 0 Å². The lowest BCUT2D eigenvalue weighted by Crippen LogP contribution is -2.57. The maximum atomic E-state index is 12.3. The Morgan fingerprint density at radius 1 is 1.42 bits per heavy atom. The molecule has 2 rings (SSSR count). The van der Waals surface area contributed by atoms with Crippen molar-refractivity contribution in [1.82, 2.24) is 10.2 Å². The van der Waals surface area contributed by atoms with Gasteiger partial charge >= 0.3 is 0 Å². The van der Waals surface area contributed by atoms with E-state index in [2.05, 4.69) is 5.32 Å². The standard InChI is InChI=1S/C14H17ClN2O2/c1-2-12-14(19)16-7-8-17(12)13(18)9-10-3-5-11(15)6-4-10/h3-6,12H,2,7-9H2,1H3,(H,16,19). The van der Waals surface area contributed by atoms with E-state index in [1.54, 1.807) is 17.0 Å². The third-order valence-corrected chi connectivity index (χ3v) is 3.56. The molecule has 0 aromatic heterocycles. The number of rotatable bonds is 3. The first-order valence-corrected chi connectivity index (χ1v) is 6.81. The Bertz CT molecular complexity index is 473. The maximum Gasteiger partial charge on any atom is 0.242 e. The van der Waals surface area contributed by atoms with Crippen LogP contribution in [0.5, 0.6) is 0 Å². The zero-order valence-corrected chi connectivity index (χ0v) is 11.6. The fourth-order valence-electron chi connectivity index (χ4n) is 2.30. The normalized spacial score (nSPS) is 19.2. The Labute approximate surface area is 117 Å². The van der Waals surface area contributed by atoms with Crippen molar-refractivity contribution < 1.29 is 9.59 Å². The van der Waals surface area contributed by atoms with Crippen molar-refractivity contribution in [3.63, 3.8) is 0 Å². The number of nitrogens with one attached hydrogen (secondary N) is 1. The fraction of sp³-hybridized carbons (Fsp3) is 0.429. The van der Waals surface area contributed by atoms with Gasteiger partial charge in [-0.2, -0.15) is 0 Å². The quantitative estimate of drug-likeness (QED) is 0.915. The molecule has 0 spiro atoms.